The van der Waals surface area contributed by atoms with Gasteiger partial charge in [0.15, 0.2) is 6.61 Å². The highest BCUT2D eigenvalue weighted by Crippen LogP contribution is 2.41. The van der Waals surface area contributed by atoms with E-state index in [4.69, 9.17) is 9.47 Å². The summed E-state index contributed by atoms with van der Waals surface area (Å²) >= 11 is 0. The molecular weight excluding hydrogens is 1150 g/mol. The molecule has 8 heterocycles. The van der Waals surface area contributed by atoms with Crippen LogP contribution in [0.2, 0.25) is 0 Å². The molecule has 3 amide bonds. The first-order valence-electron chi connectivity index (χ1n) is 32.1. The van der Waals surface area contributed by atoms with Crippen LogP contribution < -0.4 is 41.0 Å². The van der Waals surface area contributed by atoms with E-state index in [1.54, 1.807) is 24.3 Å². The van der Waals surface area contributed by atoms with Crippen LogP contribution in [-0.2, 0) is 38.1 Å². The van der Waals surface area contributed by atoms with Gasteiger partial charge in [-0.05, 0) is 99.5 Å². The number of ether oxygens (including phenoxy) is 2. The minimum absolute atomic E-state index is 0.000629. The number of nitrogens with zero attached hydrogens (tertiary/aromatic N) is 8. The molecule has 6 atom stereocenters. The molecule has 4 N–H and O–H groups in total. The van der Waals surface area contributed by atoms with Gasteiger partial charge in [-0.2, -0.15) is 0 Å². The number of nitrogens with one attached hydrogen (secondary N) is 4. The molecule has 0 aliphatic carbocycles. The Morgan fingerprint density at radius 2 is 0.956 bits per heavy atom. The third-order valence-corrected chi connectivity index (χ3v) is 19.4. The zero-order chi connectivity index (χ0) is 63.8. The molecule has 0 saturated carbocycles. The number of pyridine rings is 2. The Hall–Kier alpha value is -7.27. The van der Waals surface area contributed by atoms with Crippen molar-refractivity contribution in [1.29, 1.82) is 0 Å². The van der Waals surface area contributed by atoms with E-state index >= 15 is 0 Å². The van der Waals surface area contributed by atoms with E-state index in [-0.39, 0.29) is 96.4 Å². The highest BCUT2D eigenvalue weighted by Gasteiger charge is 2.43. The van der Waals surface area contributed by atoms with Crippen molar-refractivity contribution in [2.24, 2.45) is 0 Å². The average Bonchev–Trinajstić information content (AvgIpc) is 1.65. The molecule has 4 fully saturated rings. The monoisotopic (exact) mass is 1240 g/mol. The lowest BCUT2D eigenvalue weighted by Crippen LogP contribution is -2.63. The lowest BCUT2D eigenvalue weighted by molar-refractivity contribution is -0.136. The van der Waals surface area contributed by atoms with E-state index in [9.17, 15) is 32.8 Å². The van der Waals surface area contributed by atoms with Gasteiger partial charge >= 0.3 is 0 Å². The molecule has 0 bridgehead atoms. The Morgan fingerprint density at radius 1 is 0.544 bits per heavy atom. The van der Waals surface area contributed by atoms with Crippen molar-refractivity contribution < 1.29 is 32.6 Å². The molecular formula is C69H90F2N12O7. The molecule has 0 radical (unpaired) electrons. The maximum atomic E-state index is 14.4. The van der Waals surface area contributed by atoms with Crippen molar-refractivity contribution in [2.75, 3.05) is 128 Å². The van der Waals surface area contributed by atoms with Crippen LogP contribution in [0.4, 0.5) is 20.2 Å². The maximum absolute atomic E-state index is 14.4. The first-order chi connectivity index (χ1) is 42.9. The normalized spacial score (nSPS) is 23.8. The first kappa shape index (κ1) is 64.3. The first-order valence-corrected chi connectivity index (χ1v) is 32.1. The zero-order valence-corrected chi connectivity index (χ0v) is 53.6. The lowest BCUT2D eigenvalue weighted by Gasteiger charge is -2.46. The van der Waals surface area contributed by atoms with Gasteiger partial charge in [0.25, 0.3) is 17.0 Å². The van der Waals surface area contributed by atoms with E-state index in [1.165, 1.54) is 24.3 Å². The second-order valence-electron chi connectivity index (χ2n) is 27.5. The van der Waals surface area contributed by atoms with Crippen LogP contribution in [0.15, 0.2) is 107 Å². The lowest BCUT2D eigenvalue weighted by atomic mass is 9.91. The number of fused-ring (bicyclic) bond motifs is 2. The van der Waals surface area contributed by atoms with Crippen molar-refractivity contribution in [3.63, 3.8) is 0 Å². The fourth-order valence-electron chi connectivity index (χ4n) is 14.1. The highest BCUT2D eigenvalue weighted by molar-refractivity contribution is 5.98. The summed E-state index contributed by atoms with van der Waals surface area (Å²) in [7, 11) is 0. The Kier molecular flexibility index (Phi) is 19.2. The molecule has 0 spiro atoms. The third kappa shape index (κ3) is 14.7. The number of carbonyl (C=O) groups excluding carboxylic acids is 3. The summed E-state index contributed by atoms with van der Waals surface area (Å²) in [6.07, 6.45) is 0.652. The number of benzene rings is 3. The summed E-state index contributed by atoms with van der Waals surface area (Å²) in [6.45, 7) is 31.6. The second-order valence-corrected chi connectivity index (χ2v) is 27.5. The molecule has 3 aromatic carbocycles. The van der Waals surface area contributed by atoms with Gasteiger partial charge in [-0.3, -0.25) is 43.6 Å². The fourth-order valence-corrected chi connectivity index (χ4v) is 14.1. The third-order valence-electron chi connectivity index (χ3n) is 19.4. The summed E-state index contributed by atoms with van der Waals surface area (Å²) in [5.74, 6) is 0.468. The van der Waals surface area contributed by atoms with E-state index in [1.807, 2.05) is 64.9 Å². The highest BCUT2D eigenvalue weighted by atomic mass is 19.1. The van der Waals surface area contributed by atoms with Crippen LogP contribution in [0.25, 0.3) is 0 Å². The summed E-state index contributed by atoms with van der Waals surface area (Å²) in [5.41, 5.74) is 5.26. The summed E-state index contributed by atoms with van der Waals surface area (Å²) in [4.78, 5) is 92.5. The van der Waals surface area contributed by atoms with Crippen LogP contribution in [-0.4, -0.2) is 211 Å². The molecule has 0 unspecified atom stereocenters. The molecule has 19 nitrogen and oxygen atoms in total. The molecule has 11 rings (SSSR count). The maximum Gasteiger partial charge on any atom is 0.260 e. The van der Waals surface area contributed by atoms with Gasteiger partial charge in [-0.25, -0.2) is 8.78 Å². The molecule has 4 saturated heterocycles. The van der Waals surface area contributed by atoms with Crippen molar-refractivity contribution in [2.45, 2.75) is 115 Å². The largest absolute Gasteiger partial charge is 0.487 e. The van der Waals surface area contributed by atoms with Crippen molar-refractivity contribution in [1.82, 2.24) is 50.0 Å². The Labute approximate surface area is 527 Å². The van der Waals surface area contributed by atoms with Gasteiger partial charge in [-0.1, -0.05) is 58.5 Å². The molecule has 21 heteroatoms. The Bertz CT molecular complexity index is 3310. The SMILES string of the molecule is C=C(COc1ccc(OCC(=O)N2CCN(C[C@H]3CN[C@H](C)CN3CC(=O)N3CC(C)(C)c4[nH]c(=O)c(Cc5ccc(F)cc5)cc43)[C@H](C)C2)cc1)N1CCN(C[C@H]2CN[C@H](C)CN2CC(=O)N2CC(C)(C)c3[nH]c(=O)c(Cc4ccc(F)cc4)cc32)[C@H](C)C1. The standard InChI is InChI=1S/C69H90F2N12O7/c1-44-32-80(38-61(84)82-42-68(6,7)64-59(82)28-51(66(87)74-64)26-49-10-14-53(70)15-11-49)55(30-72-44)36-77-23-22-76(34-46(77)3)48(5)40-89-57-18-20-58(21-19-57)90-41-63(86)79-25-24-78(47(4)35-79)37-56-31-73-45(2)33-81(56)39-62(85)83-43-69(8,9)65-60(83)29-52(67(88)75-65)27-50-12-16-54(71)17-13-50/h10-21,28-29,44-47,55-56,72-73H,5,22-27,30-43H2,1-4,6-9H3,(H,74,87)(H,75,88)/t44-,45-,46-,47-,55-,56-/m1/s1. The average molecular weight is 1240 g/mol. The number of carbonyl (C=O) groups is 3. The van der Waals surface area contributed by atoms with Gasteiger partial charge in [-0.15, -0.1) is 0 Å². The number of aromatic nitrogens is 2. The smallest absolute Gasteiger partial charge is 0.260 e. The van der Waals surface area contributed by atoms with Crippen molar-refractivity contribution in [3.05, 3.63) is 163 Å². The predicted octanol–water partition coefficient (Wildman–Crippen LogP) is 5.31. The van der Waals surface area contributed by atoms with Crippen molar-refractivity contribution >= 4 is 29.1 Å². The van der Waals surface area contributed by atoms with Crippen LogP contribution >= 0.6 is 0 Å². The van der Waals surface area contributed by atoms with Crippen LogP contribution in [0.5, 0.6) is 11.5 Å². The number of aromatic amines is 2. The van der Waals surface area contributed by atoms with Crippen LogP contribution in [0.3, 0.4) is 0 Å². The van der Waals surface area contributed by atoms with Crippen LogP contribution in [0.1, 0.15) is 89.0 Å². The number of rotatable bonds is 19. The predicted molar refractivity (Wildman–Crippen MR) is 346 cm³/mol. The molecule has 90 heavy (non-hydrogen) atoms. The zero-order valence-electron chi connectivity index (χ0n) is 53.6. The number of hydrogen-bond acceptors (Lipinski definition) is 14. The Balaban J connectivity index is 0.611. The quantitative estimate of drug-likeness (QED) is 0.0835. The minimum Gasteiger partial charge on any atom is -0.487 e. The number of piperazine rings is 4. The molecule has 482 valence electrons. The minimum atomic E-state index is -0.451. The van der Waals surface area contributed by atoms with E-state index in [0.29, 0.717) is 81.3 Å². The second kappa shape index (κ2) is 26.9. The number of hydrogen-bond donors (Lipinski definition) is 4. The molecule has 6 aliphatic heterocycles. The van der Waals surface area contributed by atoms with E-state index in [2.05, 4.69) is 93.2 Å². The topological polar surface area (TPSA) is 185 Å². The Morgan fingerprint density at radius 3 is 1.39 bits per heavy atom. The molecule has 5 aromatic rings. The van der Waals surface area contributed by atoms with E-state index in [0.717, 1.165) is 91.9 Å². The number of halogens is 2. The van der Waals surface area contributed by atoms with Gasteiger partial charge < -0.3 is 49.7 Å². The fraction of sp³-hybridized carbons (Fsp3) is 0.522. The summed E-state index contributed by atoms with van der Waals surface area (Å²) in [6, 6.07) is 24.2. The van der Waals surface area contributed by atoms with Gasteiger partial charge in [0.1, 0.15) is 29.7 Å². The van der Waals surface area contributed by atoms with Gasteiger partial charge in [0.05, 0.1) is 24.5 Å². The number of H-pyrrole nitrogens is 2. The number of anilines is 2. The molecule has 6 aliphatic rings. The van der Waals surface area contributed by atoms with Gasteiger partial charge in [0.2, 0.25) is 11.8 Å². The summed E-state index contributed by atoms with van der Waals surface area (Å²) in [5, 5.41) is 7.28. The van der Waals surface area contributed by atoms with Crippen LogP contribution in [0, 0.1) is 11.6 Å². The number of amides is 3. The van der Waals surface area contributed by atoms with E-state index < -0.39 is 10.8 Å². The summed E-state index contributed by atoms with van der Waals surface area (Å²) < 4.78 is 39.6. The van der Waals surface area contributed by atoms with Gasteiger partial charge in [0, 0.05) is 180 Å². The molecule has 2 aromatic heterocycles. The van der Waals surface area contributed by atoms with Crippen molar-refractivity contribution in [3.8, 4) is 11.5 Å².